The summed E-state index contributed by atoms with van der Waals surface area (Å²) in [5, 5.41) is 0. The minimum Gasteiger partial charge on any atom is -0.341 e. The molecule has 2 N–H and O–H groups in total. The number of carbonyl (C=O) groups is 2. The summed E-state index contributed by atoms with van der Waals surface area (Å²) in [6, 6.07) is 0. The summed E-state index contributed by atoms with van der Waals surface area (Å²) < 4.78 is 0. The van der Waals surface area contributed by atoms with E-state index in [0.717, 1.165) is 19.5 Å². The summed E-state index contributed by atoms with van der Waals surface area (Å²) in [4.78, 5) is 26.7. The van der Waals surface area contributed by atoms with Crippen LogP contribution in [0.1, 0.15) is 20.3 Å². The van der Waals surface area contributed by atoms with Crippen molar-refractivity contribution in [2.75, 3.05) is 32.7 Å². The maximum Gasteiger partial charge on any atom is 0.226 e. The maximum absolute atomic E-state index is 11.9. The van der Waals surface area contributed by atoms with Crippen molar-refractivity contribution in [1.82, 2.24) is 9.80 Å². The average Bonchev–Trinajstić information content (AvgIpc) is 2.52. The highest BCUT2D eigenvalue weighted by Gasteiger charge is 2.22. The van der Waals surface area contributed by atoms with E-state index in [2.05, 4.69) is 0 Å². The molecule has 0 aromatic heterocycles. The second kappa shape index (κ2) is 5.84. The van der Waals surface area contributed by atoms with Crippen LogP contribution in [-0.2, 0) is 9.59 Å². The Labute approximate surface area is 96.6 Å². The third kappa shape index (κ3) is 3.20. The van der Waals surface area contributed by atoms with Gasteiger partial charge >= 0.3 is 0 Å². The second-order valence-corrected chi connectivity index (χ2v) is 4.32. The van der Waals surface area contributed by atoms with E-state index in [0.29, 0.717) is 19.6 Å². The van der Waals surface area contributed by atoms with E-state index in [4.69, 9.17) is 5.73 Å². The van der Waals surface area contributed by atoms with Gasteiger partial charge in [0, 0.05) is 45.6 Å². The number of nitrogens with zero attached hydrogens (tertiary/aromatic N) is 2. The first-order valence-electron chi connectivity index (χ1n) is 5.80. The Hall–Kier alpha value is -1.10. The molecule has 5 heteroatoms. The molecule has 1 unspecified atom stereocenters. The zero-order valence-electron chi connectivity index (χ0n) is 10.1. The largest absolute Gasteiger partial charge is 0.341 e. The quantitative estimate of drug-likeness (QED) is 0.702. The maximum atomic E-state index is 11.9. The van der Waals surface area contributed by atoms with Crippen LogP contribution in [0.2, 0.25) is 0 Å². The molecule has 2 amide bonds. The van der Waals surface area contributed by atoms with Crippen LogP contribution in [0.3, 0.4) is 0 Å². The zero-order chi connectivity index (χ0) is 12.1. The molecule has 1 heterocycles. The van der Waals surface area contributed by atoms with Gasteiger partial charge in [0.25, 0.3) is 0 Å². The lowest BCUT2D eigenvalue weighted by Crippen LogP contribution is -2.40. The van der Waals surface area contributed by atoms with Crippen molar-refractivity contribution in [3.63, 3.8) is 0 Å². The minimum absolute atomic E-state index is 0.0844. The van der Waals surface area contributed by atoms with Crippen molar-refractivity contribution in [3.8, 4) is 0 Å². The monoisotopic (exact) mass is 227 g/mol. The molecule has 5 nitrogen and oxygen atoms in total. The zero-order valence-corrected chi connectivity index (χ0v) is 10.1. The SMILES string of the molecule is CC(=O)N1CCCN(C(=O)C(C)CN)CC1. The fraction of sp³-hybridized carbons (Fsp3) is 0.818. The van der Waals surface area contributed by atoms with Crippen molar-refractivity contribution in [1.29, 1.82) is 0 Å². The van der Waals surface area contributed by atoms with Gasteiger partial charge in [-0.1, -0.05) is 6.92 Å². The van der Waals surface area contributed by atoms with Gasteiger partial charge in [0.05, 0.1) is 0 Å². The average molecular weight is 227 g/mol. The van der Waals surface area contributed by atoms with E-state index in [9.17, 15) is 9.59 Å². The van der Waals surface area contributed by atoms with E-state index in [-0.39, 0.29) is 17.7 Å². The standard InChI is InChI=1S/C11H21N3O2/c1-9(8-12)11(16)14-5-3-4-13(6-7-14)10(2)15/h9H,3-8,12H2,1-2H3. The predicted octanol–water partition coefficient (Wildman–Crippen LogP) is -0.338. The minimum atomic E-state index is -0.121. The fourth-order valence-electron chi connectivity index (χ4n) is 1.87. The molecular weight excluding hydrogens is 206 g/mol. The van der Waals surface area contributed by atoms with Crippen LogP contribution in [0, 0.1) is 5.92 Å². The summed E-state index contributed by atoms with van der Waals surface area (Å²) in [7, 11) is 0. The second-order valence-electron chi connectivity index (χ2n) is 4.32. The molecule has 0 spiro atoms. The highest BCUT2D eigenvalue weighted by Crippen LogP contribution is 2.07. The van der Waals surface area contributed by atoms with E-state index in [1.165, 1.54) is 0 Å². The molecule has 1 aliphatic rings. The normalized spacial score (nSPS) is 19.2. The van der Waals surface area contributed by atoms with E-state index in [1.807, 2.05) is 11.8 Å². The lowest BCUT2D eigenvalue weighted by molar-refractivity contribution is -0.135. The molecule has 0 aliphatic carbocycles. The molecule has 1 atom stereocenters. The van der Waals surface area contributed by atoms with Crippen molar-refractivity contribution < 1.29 is 9.59 Å². The van der Waals surface area contributed by atoms with Gasteiger partial charge in [-0.3, -0.25) is 9.59 Å². The molecule has 0 saturated carbocycles. The van der Waals surface area contributed by atoms with Crippen LogP contribution in [0.5, 0.6) is 0 Å². The molecule has 0 aromatic rings. The Balaban J connectivity index is 2.53. The molecule has 1 saturated heterocycles. The first-order chi connectivity index (χ1) is 7.56. The number of nitrogens with two attached hydrogens (primary N) is 1. The summed E-state index contributed by atoms with van der Waals surface area (Å²) in [5.41, 5.74) is 5.48. The summed E-state index contributed by atoms with van der Waals surface area (Å²) in [5.74, 6) is 0.0675. The molecule has 1 fully saturated rings. The first-order valence-corrected chi connectivity index (χ1v) is 5.80. The molecule has 0 aromatic carbocycles. The van der Waals surface area contributed by atoms with Crippen LogP contribution in [-0.4, -0.2) is 54.3 Å². The van der Waals surface area contributed by atoms with Gasteiger partial charge in [-0.2, -0.15) is 0 Å². The molecule has 16 heavy (non-hydrogen) atoms. The number of rotatable bonds is 2. The van der Waals surface area contributed by atoms with Crippen LogP contribution in [0.25, 0.3) is 0 Å². The molecule has 0 radical (unpaired) electrons. The summed E-state index contributed by atoms with van der Waals surface area (Å²) in [6.07, 6.45) is 0.850. The molecule has 1 rings (SSSR count). The Morgan fingerprint density at radius 2 is 1.75 bits per heavy atom. The molecule has 92 valence electrons. The fourth-order valence-corrected chi connectivity index (χ4v) is 1.87. The van der Waals surface area contributed by atoms with Crippen LogP contribution < -0.4 is 5.73 Å². The van der Waals surface area contributed by atoms with E-state index >= 15 is 0 Å². The predicted molar refractivity (Wildman–Crippen MR) is 61.7 cm³/mol. The van der Waals surface area contributed by atoms with E-state index in [1.54, 1.807) is 11.8 Å². The highest BCUT2D eigenvalue weighted by molar-refractivity contribution is 5.79. The lowest BCUT2D eigenvalue weighted by Gasteiger charge is -2.23. The lowest BCUT2D eigenvalue weighted by atomic mass is 10.1. The molecular formula is C11H21N3O2. The Morgan fingerprint density at radius 1 is 1.19 bits per heavy atom. The highest BCUT2D eigenvalue weighted by atomic mass is 16.2. The Bertz CT molecular complexity index is 268. The van der Waals surface area contributed by atoms with Gasteiger partial charge < -0.3 is 15.5 Å². The third-order valence-corrected chi connectivity index (χ3v) is 3.03. The van der Waals surface area contributed by atoms with Gasteiger partial charge in [0.15, 0.2) is 0 Å². The van der Waals surface area contributed by atoms with Crippen LogP contribution >= 0.6 is 0 Å². The Morgan fingerprint density at radius 3 is 2.31 bits per heavy atom. The van der Waals surface area contributed by atoms with Gasteiger partial charge in [-0.25, -0.2) is 0 Å². The topological polar surface area (TPSA) is 66.6 Å². The van der Waals surface area contributed by atoms with Crippen LogP contribution in [0.15, 0.2) is 0 Å². The molecule has 0 bridgehead atoms. The van der Waals surface area contributed by atoms with Gasteiger partial charge in [0.2, 0.25) is 11.8 Å². The van der Waals surface area contributed by atoms with Crippen molar-refractivity contribution in [3.05, 3.63) is 0 Å². The molecule has 1 aliphatic heterocycles. The van der Waals surface area contributed by atoms with E-state index < -0.39 is 0 Å². The van der Waals surface area contributed by atoms with Crippen molar-refractivity contribution in [2.24, 2.45) is 11.7 Å². The van der Waals surface area contributed by atoms with Crippen molar-refractivity contribution in [2.45, 2.75) is 20.3 Å². The van der Waals surface area contributed by atoms with Crippen LogP contribution in [0.4, 0.5) is 0 Å². The number of amides is 2. The summed E-state index contributed by atoms with van der Waals surface area (Å²) >= 11 is 0. The first kappa shape index (κ1) is 13.0. The van der Waals surface area contributed by atoms with Gasteiger partial charge in [-0.15, -0.1) is 0 Å². The third-order valence-electron chi connectivity index (χ3n) is 3.03. The van der Waals surface area contributed by atoms with Gasteiger partial charge in [-0.05, 0) is 6.42 Å². The number of hydrogen-bond donors (Lipinski definition) is 1. The van der Waals surface area contributed by atoms with Gasteiger partial charge in [0.1, 0.15) is 0 Å². The Kier molecular flexibility index (Phi) is 4.73. The smallest absolute Gasteiger partial charge is 0.226 e. The number of hydrogen-bond acceptors (Lipinski definition) is 3. The number of carbonyl (C=O) groups excluding carboxylic acids is 2. The van der Waals surface area contributed by atoms with Crippen molar-refractivity contribution >= 4 is 11.8 Å². The summed E-state index contributed by atoms with van der Waals surface area (Å²) in [6.45, 7) is 6.53.